The van der Waals surface area contributed by atoms with Crippen molar-refractivity contribution in [3.63, 3.8) is 0 Å². The quantitative estimate of drug-likeness (QED) is 0.653. The zero-order chi connectivity index (χ0) is 13.7. The SMILES string of the molecule is COc1ccc([N+](=O)[O-])cc1NCC1CCC=CO1. The number of nitro benzene ring substituents is 1. The lowest BCUT2D eigenvalue weighted by molar-refractivity contribution is -0.384. The molecule has 1 N–H and O–H groups in total. The number of non-ortho nitro benzene ring substituents is 1. The number of hydrogen-bond acceptors (Lipinski definition) is 5. The third kappa shape index (κ3) is 3.37. The molecule has 1 atom stereocenters. The molecule has 0 amide bonds. The number of methoxy groups -OCH3 is 1. The van der Waals surface area contributed by atoms with Crippen LogP contribution in [0.1, 0.15) is 12.8 Å². The van der Waals surface area contributed by atoms with Crippen molar-refractivity contribution in [2.75, 3.05) is 19.0 Å². The molecule has 1 aromatic carbocycles. The van der Waals surface area contributed by atoms with E-state index in [1.165, 1.54) is 19.2 Å². The topological polar surface area (TPSA) is 73.6 Å². The van der Waals surface area contributed by atoms with Gasteiger partial charge in [0, 0.05) is 12.1 Å². The van der Waals surface area contributed by atoms with E-state index in [-0.39, 0.29) is 11.8 Å². The zero-order valence-electron chi connectivity index (χ0n) is 10.7. The summed E-state index contributed by atoms with van der Waals surface area (Å²) in [7, 11) is 1.53. The van der Waals surface area contributed by atoms with E-state index < -0.39 is 4.92 Å². The molecule has 0 aromatic heterocycles. The standard InChI is InChI=1S/C13H16N2O4/c1-18-13-6-5-10(15(16)17)8-12(13)14-9-11-4-2-3-7-19-11/h3,5-8,11,14H,2,4,9H2,1H3. The molecule has 1 heterocycles. The second-order valence-electron chi connectivity index (χ2n) is 4.23. The average molecular weight is 264 g/mol. The summed E-state index contributed by atoms with van der Waals surface area (Å²) >= 11 is 0. The molecule has 1 aliphatic heterocycles. The van der Waals surface area contributed by atoms with Crippen LogP contribution in [-0.2, 0) is 4.74 Å². The first-order chi connectivity index (χ1) is 9.20. The van der Waals surface area contributed by atoms with Gasteiger partial charge in [0.2, 0.25) is 0 Å². The molecule has 6 nitrogen and oxygen atoms in total. The van der Waals surface area contributed by atoms with Gasteiger partial charge in [0.1, 0.15) is 11.9 Å². The van der Waals surface area contributed by atoms with Gasteiger partial charge in [-0.2, -0.15) is 0 Å². The minimum absolute atomic E-state index is 0.0350. The molecule has 1 aromatic rings. The first-order valence-corrected chi connectivity index (χ1v) is 6.07. The molecule has 102 valence electrons. The maximum Gasteiger partial charge on any atom is 0.271 e. The summed E-state index contributed by atoms with van der Waals surface area (Å²) in [5.41, 5.74) is 0.641. The second-order valence-corrected chi connectivity index (χ2v) is 4.23. The Bertz CT molecular complexity index is 488. The molecule has 1 unspecified atom stereocenters. The Balaban J connectivity index is 2.06. The molecule has 1 aliphatic rings. The maximum absolute atomic E-state index is 10.8. The van der Waals surface area contributed by atoms with Gasteiger partial charge in [-0.3, -0.25) is 10.1 Å². The Labute approximate surface area is 111 Å². The third-order valence-corrected chi connectivity index (χ3v) is 2.94. The summed E-state index contributed by atoms with van der Waals surface area (Å²) in [6.07, 6.45) is 5.67. The number of allylic oxidation sites excluding steroid dienone is 1. The van der Waals surface area contributed by atoms with Crippen LogP contribution in [0.5, 0.6) is 5.75 Å². The summed E-state index contributed by atoms with van der Waals surface area (Å²) in [6, 6.07) is 4.48. The van der Waals surface area contributed by atoms with Crippen LogP contribution in [0.2, 0.25) is 0 Å². The second kappa shape index (κ2) is 6.08. The van der Waals surface area contributed by atoms with E-state index in [4.69, 9.17) is 9.47 Å². The number of hydrogen-bond donors (Lipinski definition) is 1. The fourth-order valence-electron chi connectivity index (χ4n) is 1.91. The highest BCUT2D eigenvalue weighted by Crippen LogP contribution is 2.29. The molecule has 0 saturated carbocycles. The van der Waals surface area contributed by atoms with Crippen LogP contribution in [0, 0.1) is 10.1 Å². The van der Waals surface area contributed by atoms with Gasteiger partial charge in [-0.05, 0) is 25.0 Å². The Morgan fingerprint density at radius 1 is 1.58 bits per heavy atom. The Kier molecular flexibility index (Phi) is 4.22. The van der Waals surface area contributed by atoms with Gasteiger partial charge in [0.05, 0.1) is 30.5 Å². The number of anilines is 1. The number of nitrogens with one attached hydrogen (secondary N) is 1. The third-order valence-electron chi connectivity index (χ3n) is 2.94. The van der Waals surface area contributed by atoms with Crippen LogP contribution >= 0.6 is 0 Å². The predicted molar refractivity (Wildman–Crippen MR) is 71.4 cm³/mol. The van der Waals surface area contributed by atoms with Gasteiger partial charge < -0.3 is 14.8 Å². The van der Waals surface area contributed by atoms with E-state index in [2.05, 4.69) is 5.32 Å². The van der Waals surface area contributed by atoms with Crippen molar-refractivity contribution in [3.8, 4) is 5.75 Å². The molecular formula is C13H16N2O4. The Hall–Kier alpha value is -2.24. The van der Waals surface area contributed by atoms with E-state index >= 15 is 0 Å². The van der Waals surface area contributed by atoms with Gasteiger partial charge in [-0.1, -0.05) is 0 Å². The van der Waals surface area contributed by atoms with Crippen molar-refractivity contribution < 1.29 is 14.4 Å². The fourth-order valence-corrected chi connectivity index (χ4v) is 1.91. The van der Waals surface area contributed by atoms with E-state index in [0.29, 0.717) is 18.0 Å². The Morgan fingerprint density at radius 3 is 3.05 bits per heavy atom. The molecule has 2 rings (SSSR count). The first-order valence-electron chi connectivity index (χ1n) is 6.07. The van der Waals surface area contributed by atoms with Crippen molar-refractivity contribution in [1.29, 1.82) is 0 Å². The van der Waals surface area contributed by atoms with E-state index in [1.54, 1.807) is 12.3 Å². The number of rotatable bonds is 5. The molecular weight excluding hydrogens is 248 g/mol. The normalized spacial score (nSPS) is 17.6. The zero-order valence-corrected chi connectivity index (χ0v) is 10.7. The van der Waals surface area contributed by atoms with Crippen LogP contribution in [0.25, 0.3) is 0 Å². The molecule has 6 heteroatoms. The van der Waals surface area contributed by atoms with Gasteiger partial charge in [-0.15, -0.1) is 0 Å². The molecule has 0 spiro atoms. The maximum atomic E-state index is 10.8. The van der Waals surface area contributed by atoms with Crippen LogP contribution in [-0.4, -0.2) is 24.7 Å². The summed E-state index contributed by atoms with van der Waals surface area (Å²) in [5.74, 6) is 0.581. The molecule has 19 heavy (non-hydrogen) atoms. The number of ether oxygens (including phenoxy) is 2. The number of nitro groups is 1. The number of benzene rings is 1. The molecule has 0 bridgehead atoms. The smallest absolute Gasteiger partial charge is 0.271 e. The molecule has 0 saturated heterocycles. The predicted octanol–water partition coefficient (Wildman–Crippen LogP) is 2.71. The highest BCUT2D eigenvalue weighted by atomic mass is 16.6. The summed E-state index contributed by atoms with van der Waals surface area (Å²) < 4.78 is 10.6. The lowest BCUT2D eigenvalue weighted by atomic mass is 10.1. The Morgan fingerprint density at radius 2 is 2.42 bits per heavy atom. The average Bonchev–Trinajstić information content (AvgIpc) is 2.45. The van der Waals surface area contributed by atoms with Crippen molar-refractivity contribution in [2.45, 2.75) is 18.9 Å². The molecule has 0 fully saturated rings. The fraction of sp³-hybridized carbons (Fsp3) is 0.385. The number of nitrogens with zero attached hydrogens (tertiary/aromatic N) is 1. The highest BCUT2D eigenvalue weighted by Gasteiger charge is 2.14. The van der Waals surface area contributed by atoms with E-state index in [1.807, 2.05) is 6.08 Å². The minimum Gasteiger partial charge on any atom is -0.497 e. The lowest BCUT2D eigenvalue weighted by Gasteiger charge is -2.20. The van der Waals surface area contributed by atoms with Crippen LogP contribution in [0.3, 0.4) is 0 Å². The summed E-state index contributed by atoms with van der Waals surface area (Å²) in [4.78, 5) is 10.3. The first kappa shape index (κ1) is 13.2. The van der Waals surface area contributed by atoms with Crippen molar-refractivity contribution in [2.24, 2.45) is 0 Å². The van der Waals surface area contributed by atoms with Gasteiger partial charge in [0.15, 0.2) is 0 Å². The van der Waals surface area contributed by atoms with E-state index in [0.717, 1.165) is 12.8 Å². The van der Waals surface area contributed by atoms with Crippen LogP contribution in [0.15, 0.2) is 30.5 Å². The summed E-state index contributed by atoms with van der Waals surface area (Å²) in [5, 5.41) is 13.9. The van der Waals surface area contributed by atoms with Crippen molar-refractivity contribution >= 4 is 11.4 Å². The van der Waals surface area contributed by atoms with Crippen molar-refractivity contribution in [1.82, 2.24) is 0 Å². The molecule has 0 aliphatic carbocycles. The van der Waals surface area contributed by atoms with E-state index in [9.17, 15) is 10.1 Å². The van der Waals surface area contributed by atoms with Crippen LogP contribution < -0.4 is 10.1 Å². The van der Waals surface area contributed by atoms with Gasteiger partial charge in [-0.25, -0.2) is 0 Å². The molecule has 0 radical (unpaired) electrons. The minimum atomic E-state index is -0.426. The monoisotopic (exact) mass is 264 g/mol. The van der Waals surface area contributed by atoms with Gasteiger partial charge in [0.25, 0.3) is 5.69 Å². The van der Waals surface area contributed by atoms with Gasteiger partial charge >= 0.3 is 0 Å². The van der Waals surface area contributed by atoms with Crippen LogP contribution in [0.4, 0.5) is 11.4 Å². The van der Waals surface area contributed by atoms with Crippen molar-refractivity contribution in [3.05, 3.63) is 40.7 Å². The largest absolute Gasteiger partial charge is 0.497 e. The summed E-state index contributed by atoms with van der Waals surface area (Å²) in [6.45, 7) is 0.585. The lowest BCUT2D eigenvalue weighted by Crippen LogP contribution is -2.23. The highest BCUT2D eigenvalue weighted by molar-refractivity contribution is 5.61.